The lowest BCUT2D eigenvalue weighted by molar-refractivity contribution is -0.144. The molecule has 4 rings (SSSR count). The van der Waals surface area contributed by atoms with Gasteiger partial charge in [-0.25, -0.2) is 4.39 Å². The fraction of sp³-hybridized carbons (Fsp3) is 0.524. The van der Waals surface area contributed by atoms with Crippen molar-refractivity contribution in [3.05, 3.63) is 35.8 Å². The average molecular weight is 371 g/mol. The number of rotatable bonds is 4. The number of likely N-dealkylation sites (tertiary alicyclic amines) is 1. The second-order valence-corrected chi connectivity index (χ2v) is 7.94. The number of benzene rings is 1. The molecule has 1 saturated carbocycles. The Hall–Kier alpha value is -2.37. The minimum atomic E-state index is -0.267. The third kappa shape index (κ3) is 3.70. The number of amides is 2. The van der Waals surface area contributed by atoms with Crippen LogP contribution in [0.25, 0.3) is 10.9 Å². The topological polar surface area (TPSA) is 56.4 Å². The highest BCUT2D eigenvalue weighted by Gasteiger charge is 2.36. The van der Waals surface area contributed by atoms with Gasteiger partial charge in [-0.2, -0.15) is 0 Å². The molecule has 2 amide bonds. The van der Waals surface area contributed by atoms with Crippen LogP contribution in [0.4, 0.5) is 4.39 Å². The van der Waals surface area contributed by atoms with Crippen molar-refractivity contribution in [2.45, 2.75) is 51.1 Å². The van der Waals surface area contributed by atoms with Crippen LogP contribution in [0.3, 0.4) is 0 Å². The van der Waals surface area contributed by atoms with Gasteiger partial charge in [-0.3, -0.25) is 9.59 Å². The summed E-state index contributed by atoms with van der Waals surface area (Å²) >= 11 is 0. The molecule has 2 heterocycles. The van der Waals surface area contributed by atoms with Crippen molar-refractivity contribution in [2.75, 3.05) is 13.6 Å². The summed E-state index contributed by atoms with van der Waals surface area (Å²) in [6.45, 7) is 0.994. The van der Waals surface area contributed by atoms with Gasteiger partial charge in [0.05, 0.1) is 12.5 Å². The van der Waals surface area contributed by atoms with Gasteiger partial charge < -0.3 is 14.8 Å². The zero-order valence-electron chi connectivity index (χ0n) is 15.7. The number of nitrogens with zero attached hydrogens (tertiary/aromatic N) is 2. The molecule has 27 heavy (non-hydrogen) atoms. The van der Waals surface area contributed by atoms with Crippen LogP contribution in [0.2, 0.25) is 0 Å². The Labute approximate surface area is 158 Å². The molecule has 144 valence electrons. The maximum Gasteiger partial charge on any atom is 0.227 e. The molecule has 1 aliphatic heterocycles. The summed E-state index contributed by atoms with van der Waals surface area (Å²) in [4.78, 5) is 32.2. The number of hydrogen-bond donors (Lipinski definition) is 1. The van der Waals surface area contributed by atoms with Gasteiger partial charge in [0, 0.05) is 42.7 Å². The quantitative estimate of drug-likeness (QED) is 0.895. The van der Waals surface area contributed by atoms with Crippen LogP contribution >= 0.6 is 0 Å². The third-order valence-corrected chi connectivity index (χ3v) is 5.98. The highest BCUT2D eigenvalue weighted by Crippen LogP contribution is 2.29. The van der Waals surface area contributed by atoms with Crippen LogP contribution in [-0.4, -0.2) is 46.2 Å². The molecule has 2 fully saturated rings. The molecule has 5 nitrogen and oxygen atoms in total. The standard InChI is InChI=1S/C21H26FN3O2/c1-24(13-17-11-15-10-16(22)7-8-19(15)23-17)21(27)14-6-9-20(26)25(12-14)18-4-2-3-5-18/h7-8,10-11,14,18,23H,2-6,9,12-13H2,1H3/t14-/m1/s1. The number of nitrogens with one attached hydrogen (secondary N) is 1. The zero-order valence-corrected chi connectivity index (χ0v) is 15.7. The molecule has 2 aromatic rings. The summed E-state index contributed by atoms with van der Waals surface area (Å²) in [5.74, 6) is -0.118. The number of piperidine rings is 1. The van der Waals surface area contributed by atoms with Crippen molar-refractivity contribution in [2.24, 2.45) is 5.92 Å². The molecule has 1 saturated heterocycles. The lowest BCUT2D eigenvalue weighted by atomic mass is 9.94. The summed E-state index contributed by atoms with van der Waals surface area (Å²) in [6.07, 6.45) is 5.57. The second-order valence-electron chi connectivity index (χ2n) is 7.94. The molecule has 1 aromatic heterocycles. The van der Waals surface area contributed by atoms with Crippen molar-refractivity contribution in [3.63, 3.8) is 0 Å². The fourth-order valence-corrected chi connectivity index (χ4v) is 4.54. The van der Waals surface area contributed by atoms with E-state index in [9.17, 15) is 14.0 Å². The number of carbonyl (C=O) groups is 2. The lowest BCUT2D eigenvalue weighted by Crippen LogP contribution is -2.49. The average Bonchev–Trinajstić information content (AvgIpc) is 3.30. The van der Waals surface area contributed by atoms with E-state index in [-0.39, 0.29) is 23.5 Å². The first-order valence-corrected chi connectivity index (χ1v) is 9.83. The van der Waals surface area contributed by atoms with Crippen LogP contribution < -0.4 is 0 Å². The highest BCUT2D eigenvalue weighted by molar-refractivity contribution is 5.84. The number of halogens is 1. The van der Waals surface area contributed by atoms with E-state index in [2.05, 4.69) is 4.98 Å². The molecule has 2 aliphatic rings. The SMILES string of the molecule is CN(Cc1cc2cc(F)ccc2[nH]1)C(=O)[C@@H]1CCC(=O)N(C2CCCC2)C1. The smallest absolute Gasteiger partial charge is 0.227 e. The second kappa shape index (κ2) is 7.33. The maximum absolute atomic E-state index is 13.4. The molecular formula is C21H26FN3O2. The molecule has 1 N–H and O–H groups in total. The monoisotopic (exact) mass is 371 g/mol. The Bertz CT molecular complexity index is 856. The summed E-state index contributed by atoms with van der Waals surface area (Å²) < 4.78 is 13.4. The Morgan fingerprint density at radius 1 is 1.26 bits per heavy atom. The summed E-state index contributed by atoms with van der Waals surface area (Å²) in [5.41, 5.74) is 1.74. The van der Waals surface area contributed by atoms with Crippen molar-refractivity contribution >= 4 is 22.7 Å². The minimum absolute atomic E-state index is 0.0790. The largest absolute Gasteiger partial charge is 0.357 e. The van der Waals surface area contributed by atoms with Gasteiger partial charge in [0.25, 0.3) is 0 Å². The molecule has 6 heteroatoms. The molecular weight excluding hydrogens is 345 g/mol. The summed E-state index contributed by atoms with van der Waals surface area (Å²) in [6, 6.07) is 6.83. The van der Waals surface area contributed by atoms with E-state index in [1.165, 1.54) is 25.0 Å². The van der Waals surface area contributed by atoms with Gasteiger partial charge in [-0.15, -0.1) is 0 Å². The Balaban J connectivity index is 1.42. The first-order valence-electron chi connectivity index (χ1n) is 9.83. The zero-order chi connectivity index (χ0) is 19.0. The Morgan fingerprint density at radius 2 is 2.04 bits per heavy atom. The summed E-state index contributed by atoms with van der Waals surface area (Å²) in [7, 11) is 1.80. The number of fused-ring (bicyclic) bond motifs is 1. The predicted molar refractivity (Wildman–Crippen MR) is 101 cm³/mol. The number of hydrogen-bond acceptors (Lipinski definition) is 2. The maximum atomic E-state index is 13.4. The van der Waals surface area contributed by atoms with Crippen LogP contribution in [0.5, 0.6) is 0 Å². The van der Waals surface area contributed by atoms with Crippen molar-refractivity contribution < 1.29 is 14.0 Å². The minimum Gasteiger partial charge on any atom is -0.357 e. The molecule has 0 bridgehead atoms. The fourth-order valence-electron chi connectivity index (χ4n) is 4.54. The molecule has 1 aromatic carbocycles. The van der Waals surface area contributed by atoms with Gasteiger partial charge in [0.1, 0.15) is 5.82 Å². The van der Waals surface area contributed by atoms with E-state index in [4.69, 9.17) is 0 Å². The van der Waals surface area contributed by atoms with Crippen LogP contribution in [0.1, 0.15) is 44.2 Å². The van der Waals surface area contributed by atoms with Crippen LogP contribution in [0.15, 0.2) is 24.3 Å². The van der Waals surface area contributed by atoms with Crippen molar-refractivity contribution in [3.8, 4) is 0 Å². The number of carbonyl (C=O) groups excluding carboxylic acids is 2. The number of aromatic amines is 1. The lowest BCUT2D eigenvalue weighted by Gasteiger charge is -2.37. The molecule has 0 radical (unpaired) electrons. The van der Waals surface area contributed by atoms with E-state index in [1.54, 1.807) is 18.0 Å². The van der Waals surface area contributed by atoms with E-state index >= 15 is 0 Å². The first kappa shape index (κ1) is 18.0. The van der Waals surface area contributed by atoms with Crippen LogP contribution in [-0.2, 0) is 16.1 Å². The van der Waals surface area contributed by atoms with Crippen molar-refractivity contribution in [1.82, 2.24) is 14.8 Å². The van der Waals surface area contributed by atoms with Crippen molar-refractivity contribution in [1.29, 1.82) is 0 Å². The first-order chi connectivity index (χ1) is 13.0. The predicted octanol–water partition coefficient (Wildman–Crippen LogP) is 3.45. The highest BCUT2D eigenvalue weighted by atomic mass is 19.1. The Morgan fingerprint density at radius 3 is 2.81 bits per heavy atom. The number of H-pyrrole nitrogens is 1. The normalized spacial score (nSPS) is 21.2. The molecule has 1 atom stereocenters. The molecule has 0 spiro atoms. The third-order valence-electron chi connectivity index (χ3n) is 5.98. The summed E-state index contributed by atoms with van der Waals surface area (Å²) in [5, 5.41) is 0.807. The molecule has 1 aliphatic carbocycles. The Kier molecular flexibility index (Phi) is 4.89. The van der Waals surface area contributed by atoms with Gasteiger partial charge in [0.15, 0.2) is 0 Å². The van der Waals surface area contributed by atoms with E-state index in [0.29, 0.717) is 32.0 Å². The van der Waals surface area contributed by atoms with Gasteiger partial charge in [0.2, 0.25) is 11.8 Å². The van der Waals surface area contributed by atoms with E-state index in [1.807, 2.05) is 11.0 Å². The van der Waals surface area contributed by atoms with E-state index < -0.39 is 0 Å². The van der Waals surface area contributed by atoms with Gasteiger partial charge >= 0.3 is 0 Å². The van der Waals surface area contributed by atoms with Gasteiger partial charge in [-0.05, 0) is 43.5 Å². The van der Waals surface area contributed by atoms with Crippen LogP contribution in [0, 0.1) is 11.7 Å². The molecule has 0 unspecified atom stereocenters. The van der Waals surface area contributed by atoms with E-state index in [0.717, 1.165) is 29.4 Å². The number of aromatic nitrogens is 1. The van der Waals surface area contributed by atoms with Gasteiger partial charge in [-0.1, -0.05) is 12.8 Å².